The van der Waals surface area contributed by atoms with Gasteiger partial charge in [-0.3, -0.25) is 0 Å². The van der Waals surface area contributed by atoms with E-state index in [0.29, 0.717) is 0 Å². The van der Waals surface area contributed by atoms with Gasteiger partial charge in [-0.15, -0.1) is 0 Å². The molecule has 0 spiro atoms. The second-order valence-corrected chi connectivity index (χ2v) is 7.57. The molecule has 1 aliphatic heterocycles. The number of fused-ring (bicyclic) bond motifs is 1. The van der Waals surface area contributed by atoms with Crippen molar-refractivity contribution in [1.82, 2.24) is 5.32 Å². The first-order valence-electron chi connectivity index (χ1n) is 10.9. The Bertz CT molecular complexity index is 1020. The Hall–Kier alpha value is -3.17. The second-order valence-electron chi connectivity index (χ2n) is 7.57. The Kier molecular flexibility index (Phi) is 6.73. The molecule has 0 bridgehead atoms. The highest BCUT2D eigenvalue weighted by molar-refractivity contribution is 6.18. The predicted octanol–water partition coefficient (Wildman–Crippen LogP) is 6.10. The van der Waals surface area contributed by atoms with Gasteiger partial charge in [0.2, 0.25) is 0 Å². The number of hydrogen-bond acceptors (Lipinski definition) is 3. The Balaban J connectivity index is 1.79. The highest BCUT2D eigenvalue weighted by Crippen LogP contribution is 2.31. The van der Waals surface area contributed by atoms with Crippen molar-refractivity contribution >= 4 is 17.1 Å². The fourth-order valence-electron chi connectivity index (χ4n) is 3.75. The number of para-hydroxylation sites is 1. The monoisotopic (exact) mass is 395 g/mol. The Morgan fingerprint density at radius 2 is 1.43 bits per heavy atom. The summed E-state index contributed by atoms with van der Waals surface area (Å²) in [5.41, 5.74) is 7.60. The molecule has 3 aromatic rings. The van der Waals surface area contributed by atoms with Gasteiger partial charge in [0.1, 0.15) is 0 Å². The summed E-state index contributed by atoms with van der Waals surface area (Å²) in [5.74, 6) is 0. The summed E-state index contributed by atoms with van der Waals surface area (Å²) in [6.07, 6.45) is 3.67. The maximum absolute atomic E-state index is 5.23. The number of unbranched alkanes of at least 4 members (excludes halogenated alkanes) is 2. The molecule has 1 aliphatic rings. The largest absolute Gasteiger partial charge is 0.353 e. The van der Waals surface area contributed by atoms with Crippen LogP contribution in [0.2, 0.25) is 0 Å². The van der Waals surface area contributed by atoms with Crippen molar-refractivity contribution in [3.05, 3.63) is 107 Å². The van der Waals surface area contributed by atoms with E-state index in [1.54, 1.807) is 0 Å². The quantitative estimate of drug-likeness (QED) is 0.452. The van der Waals surface area contributed by atoms with Crippen LogP contribution in [0, 0.1) is 0 Å². The van der Waals surface area contributed by atoms with E-state index in [4.69, 9.17) is 4.99 Å². The van der Waals surface area contributed by atoms with Crippen LogP contribution in [0.5, 0.6) is 0 Å². The molecule has 2 N–H and O–H groups in total. The standard InChI is InChI=1S/C27H29N3/c1-2-3-12-19-28-20-25-27(22-15-8-5-9-16-22)29-24-18-11-10-17-23(24)26(30-25)21-13-6-4-7-14-21/h4-11,13-18,28-29H,2-3,12,19-20H2,1H3. The fourth-order valence-corrected chi connectivity index (χ4v) is 3.75. The molecule has 1 heterocycles. The first kappa shape index (κ1) is 20.1. The number of nitrogens with zero attached hydrogens (tertiary/aromatic N) is 1. The van der Waals surface area contributed by atoms with E-state index in [-0.39, 0.29) is 0 Å². The maximum atomic E-state index is 5.23. The van der Waals surface area contributed by atoms with E-state index in [1.165, 1.54) is 19.3 Å². The Morgan fingerprint density at radius 3 is 2.17 bits per heavy atom. The Labute approximate surface area is 179 Å². The average Bonchev–Trinajstić information content (AvgIpc) is 2.97. The zero-order valence-corrected chi connectivity index (χ0v) is 17.6. The van der Waals surface area contributed by atoms with Gasteiger partial charge in [0.15, 0.2) is 0 Å². The van der Waals surface area contributed by atoms with Crippen LogP contribution in [-0.4, -0.2) is 18.8 Å². The molecule has 0 saturated heterocycles. The summed E-state index contributed by atoms with van der Waals surface area (Å²) in [6, 6.07) is 29.4. The van der Waals surface area contributed by atoms with Gasteiger partial charge in [-0.25, -0.2) is 4.99 Å². The predicted molar refractivity (Wildman–Crippen MR) is 128 cm³/mol. The minimum Gasteiger partial charge on any atom is -0.353 e. The van der Waals surface area contributed by atoms with E-state index in [0.717, 1.165) is 52.6 Å². The van der Waals surface area contributed by atoms with Crippen molar-refractivity contribution in [3.63, 3.8) is 0 Å². The fraction of sp³-hybridized carbons (Fsp3) is 0.222. The lowest BCUT2D eigenvalue weighted by molar-refractivity contribution is 0.638. The molecule has 0 fully saturated rings. The van der Waals surface area contributed by atoms with Crippen molar-refractivity contribution in [2.45, 2.75) is 26.2 Å². The van der Waals surface area contributed by atoms with Crippen molar-refractivity contribution in [1.29, 1.82) is 0 Å². The van der Waals surface area contributed by atoms with Gasteiger partial charge >= 0.3 is 0 Å². The average molecular weight is 396 g/mol. The summed E-state index contributed by atoms with van der Waals surface area (Å²) in [5, 5.41) is 7.31. The summed E-state index contributed by atoms with van der Waals surface area (Å²) in [7, 11) is 0. The number of rotatable bonds is 8. The molecule has 30 heavy (non-hydrogen) atoms. The van der Waals surface area contributed by atoms with E-state index in [9.17, 15) is 0 Å². The molecule has 3 nitrogen and oxygen atoms in total. The number of nitrogens with one attached hydrogen (secondary N) is 2. The van der Waals surface area contributed by atoms with Crippen molar-refractivity contribution in [2.75, 3.05) is 18.4 Å². The molecule has 0 amide bonds. The first-order chi connectivity index (χ1) is 14.9. The van der Waals surface area contributed by atoms with Crippen LogP contribution in [-0.2, 0) is 0 Å². The van der Waals surface area contributed by atoms with Crippen molar-refractivity contribution in [2.24, 2.45) is 4.99 Å². The van der Waals surface area contributed by atoms with Gasteiger partial charge in [-0.1, -0.05) is 98.6 Å². The number of aliphatic imine (C=N–C) groups is 1. The summed E-state index contributed by atoms with van der Waals surface area (Å²) in [6.45, 7) is 3.97. The van der Waals surface area contributed by atoms with Gasteiger partial charge in [0, 0.05) is 23.4 Å². The second kappa shape index (κ2) is 10.0. The molecule has 3 aromatic carbocycles. The smallest absolute Gasteiger partial charge is 0.0799 e. The lowest BCUT2D eigenvalue weighted by atomic mass is 10.0. The van der Waals surface area contributed by atoms with Crippen LogP contribution >= 0.6 is 0 Å². The zero-order valence-electron chi connectivity index (χ0n) is 17.6. The number of hydrogen-bond donors (Lipinski definition) is 2. The molecular formula is C27H29N3. The van der Waals surface area contributed by atoms with E-state index < -0.39 is 0 Å². The molecule has 0 unspecified atom stereocenters. The molecule has 0 atom stereocenters. The molecule has 4 rings (SSSR count). The zero-order chi connectivity index (χ0) is 20.6. The van der Waals surface area contributed by atoms with Gasteiger partial charge in [0.25, 0.3) is 0 Å². The van der Waals surface area contributed by atoms with Crippen molar-refractivity contribution in [3.8, 4) is 0 Å². The van der Waals surface area contributed by atoms with Gasteiger partial charge in [-0.2, -0.15) is 0 Å². The normalized spacial score (nSPS) is 13.3. The maximum Gasteiger partial charge on any atom is 0.0799 e. The third-order valence-corrected chi connectivity index (χ3v) is 5.34. The van der Waals surface area contributed by atoms with Crippen LogP contribution in [0.15, 0.2) is 95.6 Å². The topological polar surface area (TPSA) is 36.4 Å². The Morgan fingerprint density at radius 1 is 0.767 bits per heavy atom. The van der Waals surface area contributed by atoms with E-state index in [1.807, 2.05) is 6.07 Å². The minimum absolute atomic E-state index is 0.727. The van der Waals surface area contributed by atoms with Crippen LogP contribution < -0.4 is 10.6 Å². The van der Waals surface area contributed by atoms with Crippen LogP contribution in [0.4, 0.5) is 5.69 Å². The SMILES string of the molecule is CCCCCNCC1=C(c2ccccc2)Nc2ccccc2C(c2ccccc2)=N1. The third-order valence-electron chi connectivity index (χ3n) is 5.34. The summed E-state index contributed by atoms with van der Waals surface area (Å²) in [4.78, 5) is 5.23. The van der Waals surface area contributed by atoms with Crippen LogP contribution in [0.3, 0.4) is 0 Å². The molecular weight excluding hydrogens is 366 g/mol. The molecule has 0 saturated carbocycles. The molecule has 3 heteroatoms. The molecule has 0 radical (unpaired) electrons. The minimum atomic E-state index is 0.727. The summed E-state index contributed by atoms with van der Waals surface area (Å²) >= 11 is 0. The van der Waals surface area contributed by atoms with E-state index in [2.05, 4.69) is 96.4 Å². The van der Waals surface area contributed by atoms with Crippen LogP contribution in [0.1, 0.15) is 42.9 Å². The van der Waals surface area contributed by atoms with Gasteiger partial charge < -0.3 is 10.6 Å². The lowest BCUT2D eigenvalue weighted by Crippen LogP contribution is -2.20. The molecule has 0 aromatic heterocycles. The van der Waals surface area contributed by atoms with Gasteiger partial charge in [0.05, 0.1) is 17.1 Å². The number of anilines is 1. The molecule has 0 aliphatic carbocycles. The summed E-state index contributed by atoms with van der Waals surface area (Å²) < 4.78 is 0. The van der Waals surface area contributed by atoms with Gasteiger partial charge in [-0.05, 0) is 24.6 Å². The van der Waals surface area contributed by atoms with Crippen LogP contribution in [0.25, 0.3) is 5.70 Å². The highest BCUT2D eigenvalue weighted by atomic mass is 15.0. The van der Waals surface area contributed by atoms with E-state index >= 15 is 0 Å². The van der Waals surface area contributed by atoms with Crippen molar-refractivity contribution < 1.29 is 0 Å². The third kappa shape index (κ3) is 4.69. The highest BCUT2D eigenvalue weighted by Gasteiger charge is 2.20. The number of benzene rings is 3. The molecule has 152 valence electrons. The first-order valence-corrected chi connectivity index (χ1v) is 10.9. The lowest BCUT2D eigenvalue weighted by Gasteiger charge is -2.15.